The number of alkyl halides is 3. The van der Waals surface area contributed by atoms with E-state index in [9.17, 15) is 18.0 Å². The molecule has 6 nitrogen and oxygen atoms in total. The standard InChI is InChI=1S/C25H21F3N4O2/c1-16(21-10-9-19(14-31-21)34-15-25(26,27)28)32-23(33)13-17-5-7-18(8-6-17)20-3-2-4-22-24(20)30-12-11-29-22/h2-12,14,16H,13,15H2,1H3,(H,32,33)/t16-/m1/s1. The van der Waals surface area contributed by atoms with Crippen LogP contribution in [-0.4, -0.2) is 33.6 Å². The van der Waals surface area contributed by atoms with Crippen molar-refractivity contribution in [3.63, 3.8) is 0 Å². The molecule has 9 heteroatoms. The fourth-order valence-corrected chi connectivity index (χ4v) is 3.48. The first-order chi connectivity index (χ1) is 16.3. The molecule has 0 radical (unpaired) electrons. The average molecular weight is 466 g/mol. The number of rotatable bonds is 7. The zero-order valence-corrected chi connectivity index (χ0v) is 18.2. The van der Waals surface area contributed by atoms with Crippen LogP contribution in [0.1, 0.15) is 24.2 Å². The predicted octanol–water partition coefficient (Wildman–Crippen LogP) is 5.05. The summed E-state index contributed by atoms with van der Waals surface area (Å²) in [4.78, 5) is 25.3. The zero-order valence-electron chi connectivity index (χ0n) is 18.2. The molecule has 174 valence electrons. The molecule has 1 atom stereocenters. The van der Waals surface area contributed by atoms with Gasteiger partial charge < -0.3 is 10.1 Å². The van der Waals surface area contributed by atoms with E-state index < -0.39 is 18.8 Å². The summed E-state index contributed by atoms with van der Waals surface area (Å²) in [6, 6.07) is 16.0. The molecule has 0 saturated carbocycles. The SMILES string of the molecule is C[C@@H](NC(=O)Cc1ccc(-c2cccc3nccnc23)cc1)c1ccc(OCC(F)(F)F)cn1. The number of ether oxygens (including phenoxy) is 1. The molecule has 1 N–H and O–H groups in total. The molecule has 0 bridgehead atoms. The van der Waals surface area contributed by atoms with Crippen molar-refractivity contribution in [2.45, 2.75) is 25.6 Å². The average Bonchev–Trinajstić information content (AvgIpc) is 2.83. The third kappa shape index (κ3) is 5.86. The van der Waals surface area contributed by atoms with E-state index in [0.29, 0.717) is 5.69 Å². The Kier molecular flexibility index (Phi) is 6.72. The lowest BCUT2D eigenvalue weighted by atomic mass is 10.0. The van der Waals surface area contributed by atoms with Gasteiger partial charge in [-0.1, -0.05) is 36.4 Å². The van der Waals surface area contributed by atoms with Crippen molar-refractivity contribution < 1.29 is 22.7 Å². The quantitative estimate of drug-likeness (QED) is 0.412. The molecule has 0 aliphatic rings. The van der Waals surface area contributed by atoms with Crippen molar-refractivity contribution in [1.82, 2.24) is 20.3 Å². The van der Waals surface area contributed by atoms with E-state index in [4.69, 9.17) is 0 Å². The molecule has 0 fully saturated rings. The molecular formula is C25H21F3N4O2. The maximum Gasteiger partial charge on any atom is 0.422 e. The van der Waals surface area contributed by atoms with Gasteiger partial charge in [0, 0.05) is 18.0 Å². The first-order valence-electron chi connectivity index (χ1n) is 10.5. The smallest absolute Gasteiger partial charge is 0.422 e. The molecule has 0 spiro atoms. The van der Waals surface area contributed by atoms with E-state index >= 15 is 0 Å². The number of para-hydroxylation sites is 1. The Morgan fingerprint density at radius 2 is 1.76 bits per heavy atom. The number of fused-ring (bicyclic) bond motifs is 1. The highest BCUT2D eigenvalue weighted by Crippen LogP contribution is 2.26. The number of carbonyl (C=O) groups is 1. The number of amides is 1. The van der Waals surface area contributed by atoms with Gasteiger partial charge in [-0.05, 0) is 36.2 Å². The Balaban J connectivity index is 1.36. The number of benzene rings is 2. The lowest BCUT2D eigenvalue weighted by Gasteiger charge is -2.15. The molecule has 34 heavy (non-hydrogen) atoms. The molecular weight excluding hydrogens is 445 g/mol. The Morgan fingerprint density at radius 3 is 2.47 bits per heavy atom. The number of hydrogen-bond donors (Lipinski definition) is 1. The highest BCUT2D eigenvalue weighted by atomic mass is 19.4. The minimum Gasteiger partial charge on any atom is -0.483 e. The van der Waals surface area contributed by atoms with Gasteiger partial charge in [-0.15, -0.1) is 0 Å². The van der Waals surface area contributed by atoms with Crippen LogP contribution in [0.15, 0.2) is 73.2 Å². The number of hydrogen-bond acceptors (Lipinski definition) is 5. The van der Waals surface area contributed by atoms with E-state index in [-0.39, 0.29) is 18.1 Å². The summed E-state index contributed by atoms with van der Waals surface area (Å²) in [6.45, 7) is 0.369. The summed E-state index contributed by atoms with van der Waals surface area (Å²) in [6.07, 6.45) is 0.276. The third-order valence-corrected chi connectivity index (χ3v) is 5.11. The second kappa shape index (κ2) is 9.86. The van der Waals surface area contributed by atoms with Crippen LogP contribution >= 0.6 is 0 Å². The molecule has 0 aliphatic heterocycles. The summed E-state index contributed by atoms with van der Waals surface area (Å²) >= 11 is 0. The van der Waals surface area contributed by atoms with Crippen molar-refractivity contribution in [2.75, 3.05) is 6.61 Å². The van der Waals surface area contributed by atoms with Crippen LogP contribution in [0.25, 0.3) is 22.2 Å². The molecule has 2 aromatic heterocycles. The molecule has 0 aliphatic carbocycles. The van der Waals surface area contributed by atoms with E-state index in [1.54, 1.807) is 19.3 Å². The summed E-state index contributed by atoms with van der Waals surface area (Å²) in [5.74, 6) is -0.188. The molecule has 4 aromatic rings. The predicted molar refractivity (Wildman–Crippen MR) is 121 cm³/mol. The van der Waals surface area contributed by atoms with E-state index in [1.807, 2.05) is 42.5 Å². The minimum absolute atomic E-state index is 0.0110. The number of aromatic nitrogens is 3. The Labute approximate surface area is 193 Å². The lowest BCUT2D eigenvalue weighted by Crippen LogP contribution is -2.28. The molecule has 2 aromatic carbocycles. The van der Waals surface area contributed by atoms with Crippen LogP contribution in [0.2, 0.25) is 0 Å². The fraction of sp³-hybridized carbons (Fsp3) is 0.200. The molecule has 2 heterocycles. The zero-order chi connectivity index (χ0) is 24.1. The minimum atomic E-state index is -4.42. The van der Waals surface area contributed by atoms with Gasteiger partial charge in [0.2, 0.25) is 5.91 Å². The van der Waals surface area contributed by atoms with Crippen LogP contribution in [0.3, 0.4) is 0 Å². The second-order valence-electron chi connectivity index (χ2n) is 7.72. The van der Waals surface area contributed by atoms with E-state index in [0.717, 1.165) is 27.7 Å². The first-order valence-corrected chi connectivity index (χ1v) is 10.5. The van der Waals surface area contributed by atoms with Crippen LogP contribution in [-0.2, 0) is 11.2 Å². The maximum absolute atomic E-state index is 12.5. The lowest BCUT2D eigenvalue weighted by molar-refractivity contribution is -0.153. The number of halogens is 3. The number of pyridine rings is 1. The third-order valence-electron chi connectivity index (χ3n) is 5.11. The van der Waals surface area contributed by atoms with Gasteiger partial charge in [0.05, 0.1) is 35.4 Å². The summed E-state index contributed by atoms with van der Waals surface area (Å²) in [5.41, 5.74) is 4.91. The van der Waals surface area contributed by atoms with Crippen molar-refractivity contribution in [3.05, 3.63) is 84.4 Å². The summed E-state index contributed by atoms with van der Waals surface area (Å²) < 4.78 is 41.4. The van der Waals surface area contributed by atoms with Gasteiger partial charge >= 0.3 is 6.18 Å². The van der Waals surface area contributed by atoms with Gasteiger partial charge in [0.15, 0.2) is 6.61 Å². The van der Waals surface area contributed by atoms with Crippen molar-refractivity contribution in [1.29, 1.82) is 0 Å². The van der Waals surface area contributed by atoms with Gasteiger partial charge in [0.1, 0.15) is 5.75 Å². The van der Waals surface area contributed by atoms with Gasteiger partial charge in [-0.3, -0.25) is 19.7 Å². The van der Waals surface area contributed by atoms with Gasteiger partial charge in [-0.2, -0.15) is 13.2 Å². The van der Waals surface area contributed by atoms with Crippen LogP contribution < -0.4 is 10.1 Å². The Morgan fingerprint density at radius 1 is 1.00 bits per heavy atom. The Bertz CT molecular complexity index is 1270. The maximum atomic E-state index is 12.5. The highest BCUT2D eigenvalue weighted by Gasteiger charge is 2.28. The highest BCUT2D eigenvalue weighted by molar-refractivity contribution is 5.91. The van der Waals surface area contributed by atoms with Crippen molar-refractivity contribution >= 4 is 16.9 Å². The topological polar surface area (TPSA) is 77.0 Å². The molecule has 1 amide bonds. The fourth-order valence-electron chi connectivity index (χ4n) is 3.48. The molecule has 0 saturated heterocycles. The van der Waals surface area contributed by atoms with Crippen LogP contribution in [0.4, 0.5) is 13.2 Å². The van der Waals surface area contributed by atoms with Crippen molar-refractivity contribution in [3.8, 4) is 16.9 Å². The molecule has 0 unspecified atom stereocenters. The van der Waals surface area contributed by atoms with E-state index in [1.165, 1.54) is 18.3 Å². The van der Waals surface area contributed by atoms with Gasteiger partial charge in [0.25, 0.3) is 0 Å². The normalized spacial score (nSPS) is 12.4. The number of nitrogens with zero attached hydrogens (tertiary/aromatic N) is 3. The summed E-state index contributed by atoms with van der Waals surface area (Å²) in [7, 11) is 0. The number of nitrogens with one attached hydrogen (secondary N) is 1. The first kappa shape index (κ1) is 23.2. The van der Waals surface area contributed by atoms with Crippen LogP contribution in [0.5, 0.6) is 5.75 Å². The van der Waals surface area contributed by atoms with Crippen LogP contribution in [0, 0.1) is 0 Å². The monoisotopic (exact) mass is 466 g/mol. The van der Waals surface area contributed by atoms with Crippen molar-refractivity contribution in [2.24, 2.45) is 0 Å². The molecule has 4 rings (SSSR count). The Hall–Kier alpha value is -4.01. The van der Waals surface area contributed by atoms with Gasteiger partial charge in [-0.25, -0.2) is 0 Å². The summed E-state index contributed by atoms with van der Waals surface area (Å²) in [5, 5.41) is 2.85. The number of carbonyl (C=O) groups excluding carboxylic acids is 1. The largest absolute Gasteiger partial charge is 0.483 e. The second-order valence-corrected chi connectivity index (χ2v) is 7.72. The van der Waals surface area contributed by atoms with E-state index in [2.05, 4.69) is 25.0 Å².